The third-order valence-corrected chi connectivity index (χ3v) is 8.12. The van der Waals surface area contributed by atoms with Crippen LogP contribution in [0, 0.1) is 5.41 Å². The Morgan fingerprint density at radius 1 is 1.39 bits per heavy atom. The molecular formula is C13H26NO3Si+. The maximum absolute atomic E-state index is 12.7. The number of carbonyl (C=O) groups is 2. The third kappa shape index (κ3) is 1.29. The molecule has 0 aromatic heterocycles. The Labute approximate surface area is 113 Å². The first-order valence-corrected chi connectivity index (χ1v) is 7.34. The van der Waals surface area contributed by atoms with Crippen molar-refractivity contribution in [2.75, 3.05) is 7.11 Å². The second-order valence-corrected chi connectivity index (χ2v) is 8.07. The molecule has 1 saturated heterocycles. The average Bonchev–Trinajstić information content (AvgIpc) is 2.32. The first-order chi connectivity index (χ1) is 7.95. The van der Waals surface area contributed by atoms with Crippen molar-refractivity contribution in [3.8, 4) is 0 Å². The minimum absolute atomic E-state index is 0.178. The van der Waals surface area contributed by atoms with E-state index < -0.39 is 11.0 Å². The molecule has 1 amide bonds. The Bertz CT molecular complexity index is 404. The fourth-order valence-corrected chi connectivity index (χ4v) is 4.59. The number of amides is 1. The van der Waals surface area contributed by atoms with Gasteiger partial charge in [0.25, 0.3) is 0 Å². The molecule has 0 spiro atoms. The zero-order valence-electron chi connectivity index (χ0n) is 12.9. The van der Waals surface area contributed by atoms with E-state index in [1.165, 1.54) is 7.11 Å². The molecule has 0 saturated carbocycles. The maximum Gasteiger partial charge on any atom is 0.367 e. The lowest BCUT2D eigenvalue weighted by molar-refractivity contribution is -0.883. The van der Waals surface area contributed by atoms with Gasteiger partial charge in [0.15, 0.2) is 0 Å². The van der Waals surface area contributed by atoms with E-state index in [1.54, 1.807) is 0 Å². The predicted molar refractivity (Wildman–Crippen MR) is 73.8 cm³/mol. The molecule has 0 aliphatic carbocycles. The second-order valence-electron chi connectivity index (χ2n) is 6.73. The van der Waals surface area contributed by atoms with E-state index in [0.717, 1.165) is 0 Å². The van der Waals surface area contributed by atoms with E-state index in [-0.39, 0.29) is 21.6 Å². The number of quaternary nitrogens is 1. The van der Waals surface area contributed by atoms with Gasteiger partial charge in [-0.15, -0.1) is 0 Å². The third-order valence-electron chi connectivity index (χ3n) is 5.48. The summed E-state index contributed by atoms with van der Waals surface area (Å²) < 4.78 is 5.24. The van der Waals surface area contributed by atoms with Gasteiger partial charge in [-0.05, 0) is 34.1 Å². The van der Waals surface area contributed by atoms with E-state index >= 15 is 0 Å². The number of β-lactam (4-membered cyclic amide) rings is 1. The lowest BCUT2D eigenvalue weighted by Crippen LogP contribution is -2.92. The van der Waals surface area contributed by atoms with Gasteiger partial charge in [-0.2, -0.15) is 0 Å². The molecule has 1 aliphatic rings. The molecule has 18 heavy (non-hydrogen) atoms. The van der Waals surface area contributed by atoms with Crippen molar-refractivity contribution in [3.63, 3.8) is 0 Å². The van der Waals surface area contributed by atoms with Gasteiger partial charge in [0.05, 0.1) is 12.6 Å². The van der Waals surface area contributed by atoms with E-state index in [0.29, 0.717) is 16.8 Å². The van der Waals surface area contributed by atoms with Crippen LogP contribution in [0.15, 0.2) is 0 Å². The SMILES string of the molecule is CC[C@@]1(C)C(=O)[N+]([SiH3])(C(C)(C)C)[C@]1(C)C(=O)OC. The highest BCUT2D eigenvalue weighted by Gasteiger charge is 2.82. The summed E-state index contributed by atoms with van der Waals surface area (Å²) in [5.74, 6) is -0.0894. The van der Waals surface area contributed by atoms with Crippen LogP contribution in [0.2, 0.25) is 0 Å². The second kappa shape index (κ2) is 3.90. The minimum Gasteiger partial charge on any atom is -0.464 e. The van der Waals surface area contributed by atoms with Crippen LogP contribution in [0.4, 0.5) is 0 Å². The first-order valence-electron chi connectivity index (χ1n) is 6.45. The Morgan fingerprint density at radius 3 is 2.11 bits per heavy atom. The van der Waals surface area contributed by atoms with Crippen LogP contribution in [0.25, 0.3) is 0 Å². The van der Waals surface area contributed by atoms with Gasteiger partial charge >= 0.3 is 11.9 Å². The largest absolute Gasteiger partial charge is 0.464 e. The Morgan fingerprint density at radius 2 is 1.83 bits per heavy atom. The monoisotopic (exact) mass is 272 g/mol. The van der Waals surface area contributed by atoms with Crippen LogP contribution in [0.5, 0.6) is 0 Å². The van der Waals surface area contributed by atoms with Crippen LogP contribution in [0.3, 0.4) is 0 Å². The number of carbonyl (C=O) groups excluding carboxylic acids is 2. The highest BCUT2D eigenvalue weighted by Crippen LogP contribution is 2.58. The zero-order chi connectivity index (χ0) is 14.6. The van der Waals surface area contributed by atoms with Crippen molar-refractivity contribution in [2.24, 2.45) is 5.41 Å². The van der Waals surface area contributed by atoms with Gasteiger partial charge in [0.2, 0.25) is 15.9 Å². The van der Waals surface area contributed by atoms with Crippen molar-refractivity contribution < 1.29 is 18.5 Å². The number of ether oxygens (including phenoxy) is 1. The number of methoxy groups -OCH3 is 1. The number of hydrogen-bond acceptors (Lipinski definition) is 3. The van der Waals surface area contributed by atoms with Crippen LogP contribution in [0.1, 0.15) is 48.0 Å². The van der Waals surface area contributed by atoms with E-state index in [9.17, 15) is 9.59 Å². The molecule has 0 bridgehead atoms. The zero-order valence-corrected chi connectivity index (χ0v) is 14.9. The standard InChI is InChI=1S/C13H26NO3Si/c1-8-12(5)9(15)14(18,11(2,3)4)13(12,6)10(16)17-7/h8H2,1-7,18H3/q+1/t12-,13+,14?/m0/s1. The fraction of sp³-hybridized carbons (Fsp3) is 0.846. The summed E-state index contributed by atoms with van der Waals surface area (Å²) >= 11 is 0. The Kier molecular flexibility index (Phi) is 3.33. The van der Waals surface area contributed by atoms with Gasteiger partial charge in [-0.3, -0.25) is 0 Å². The van der Waals surface area contributed by atoms with Crippen molar-refractivity contribution in [2.45, 2.75) is 59.0 Å². The summed E-state index contributed by atoms with van der Waals surface area (Å²) in [6, 6.07) is 0. The Balaban J connectivity index is 3.49. The number of nitrogens with zero attached hydrogens (tertiary/aromatic N) is 1. The summed E-state index contributed by atoms with van der Waals surface area (Å²) in [4.78, 5) is 25.0. The van der Waals surface area contributed by atoms with Gasteiger partial charge in [-0.1, -0.05) is 6.92 Å². The molecule has 0 aromatic rings. The predicted octanol–water partition coefficient (Wildman–Crippen LogP) is 0.770. The smallest absolute Gasteiger partial charge is 0.367 e. The lowest BCUT2D eigenvalue weighted by Gasteiger charge is -2.69. The molecule has 104 valence electrons. The van der Waals surface area contributed by atoms with Gasteiger partial charge < -0.3 is 8.89 Å². The highest BCUT2D eigenvalue weighted by molar-refractivity contribution is 6.14. The fourth-order valence-electron chi connectivity index (χ4n) is 3.42. The van der Waals surface area contributed by atoms with Crippen LogP contribution >= 0.6 is 0 Å². The number of likely N-dealkylation sites (tertiary alicyclic amines) is 1. The highest BCUT2D eigenvalue weighted by atomic mass is 28.2. The minimum atomic E-state index is -0.766. The van der Waals surface area contributed by atoms with Crippen molar-refractivity contribution in [3.05, 3.63) is 0 Å². The van der Waals surface area contributed by atoms with Gasteiger partial charge in [0.1, 0.15) is 5.41 Å². The molecule has 0 N–H and O–H groups in total. The molecule has 1 fully saturated rings. The van der Waals surface area contributed by atoms with Crippen molar-refractivity contribution in [1.82, 2.24) is 0 Å². The number of hydrogen-bond donors (Lipinski definition) is 0. The summed E-state index contributed by atoms with van der Waals surface area (Å²) in [6.45, 7) is 11.8. The van der Waals surface area contributed by atoms with E-state index in [2.05, 4.69) is 0 Å². The summed E-state index contributed by atoms with van der Waals surface area (Å²) in [6.07, 6.45) is 0.662. The van der Waals surface area contributed by atoms with Gasteiger partial charge in [0, 0.05) is 6.92 Å². The normalized spacial score (nSPS) is 40.5. The summed E-state index contributed by atoms with van der Waals surface area (Å²) in [5.41, 5.74) is -1.66. The van der Waals surface area contributed by atoms with Gasteiger partial charge in [-0.25, -0.2) is 9.59 Å². The molecule has 0 aromatic carbocycles. The molecule has 1 unspecified atom stereocenters. The topological polar surface area (TPSA) is 43.4 Å². The molecule has 1 aliphatic heterocycles. The maximum atomic E-state index is 12.7. The number of rotatable bonds is 2. The van der Waals surface area contributed by atoms with Crippen LogP contribution in [-0.2, 0) is 14.3 Å². The van der Waals surface area contributed by atoms with Crippen LogP contribution in [-0.4, -0.2) is 44.6 Å². The quantitative estimate of drug-likeness (QED) is 0.424. The van der Waals surface area contributed by atoms with Crippen molar-refractivity contribution >= 4 is 22.3 Å². The molecule has 5 heteroatoms. The lowest BCUT2D eigenvalue weighted by atomic mass is 9.58. The average molecular weight is 272 g/mol. The molecule has 1 rings (SSSR count). The molecule has 4 nitrogen and oxygen atoms in total. The first kappa shape index (κ1) is 15.4. The van der Waals surface area contributed by atoms with E-state index in [1.807, 2.05) is 41.5 Å². The van der Waals surface area contributed by atoms with Crippen LogP contribution < -0.4 is 0 Å². The molecule has 1 heterocycles. The summed E-state index contributed by atoms with van der Waals surface area (Å²) in [5, 5.41) is 0. The molecule has 3 atom stereocenters. The van der Waals surface area contributed by atoms with E-state index in [4.69, 9.17) is 4.74 Å². The number of esters is 1. The summed E-state index contributed by atoms with van der Waals surface area (Å²) in [7, 11) is 2.01. The Hall–Kier alpha value is -0.683. The van der Waals surface area contributed by atoms with Crippen molar-refractivity contribution in [1.29, 1.82) is 0 Å². The molecule has 0 radical (unpaired) electrons. The molecular weight excluding hydrogens is 246 g/mol.